The Bertz CT molecular complexity index is 858. The summed E-state index contributed by atoms with van der Waals surface area (Å²) in [4.78, 5) is 16.3. The van der Waals surface area contributed by atoms with Crippen LogP contribution < -0.4 is 10.1 Å². The molecule has 122 valence electrons. The van der Waals surface area contributed by atoms with Crippen molar-refractivity contribution in [2.45, 2.75) is 13.8 Å². The summed E-state index contributed by atoms with van der Waals surface area (Å²) in [7, 11) is 0. The summed E-state index contributed by atoms with van der Waals surface area (Å²) in [5, 5.41) is 6.59. The van der Waals surface area contributed by atoms with Crippen LogP contribution in [0.4, 0.5) is 5.69 Å². The van der Waals surface area contributed by atoms with Gasteiger partial charge in [0.15, 0.2) is 12.4 Å². The Morgan fingerprint density at radius 1 is 1.17 bits per heavy atom. The van der Waals surface area contributed by atoms with Gasteiger partial charge < -0.3 is 14.6 Å². The molecule has 0 aliphatic rings. The van der Waals surface area contributed by atoms with Crippen LogP contribution in [-0.2, 0) is 4.79 Å². The standard InChI is InChI=1S/C18H17N3O3/c1-12-6-5-7-14(10-12)23-11-17(22)20-16-9-4-3-8-15(16)18-19-13(2)21-24-18/h3-10H,11H2,1-2H3,(H,20,22). The van der Waals surface area contributed by atoms with Crippen molar-refractivity contribution < 1.29 is 14.1 Å². The molecule has 6 heteroatoms. The van der Waals surface area contributed by atoms with E-state index in [2.05, 4.69) is 15.5 Å². The average Bonchev–Trinajstić information content (AvgIpc) is 3.00. The predicted octanol–water partition coefficient (Wildman–Crippen LogP) is 3.37. The number of ether oxygens (including phenoxy) is 1. The lowest BCUT2D eigenvalue weighted by atomic mass is 10.1. The van der Waals surface area contributed by atoms with Crippen molar-refractivity contribution in [3.05, 3.63) is 59.9 Å². The Balaban J connectivity index is 1.68. The number of carbonyl (C=O) groups is 1. The molecule has 0 saturated carbocycles. The molecular formula is C18H17N3O3. The largest absolute Gasteiger partial charge is 0.484 e. The van der Waals surface area contributed by atoms with Gasteiger partial charge in [-0.25, -0.2) is 0 Å². The van der Waals surface area contributed by atoms with E-state index in [1.807, 2.05) is 49.4 Å². The second kappa shape index (κ2) is 6.95. The highest BCUT2D eigenvalue weighted by atomic mass is 16.5. The Morgan fingerprint density at radius 3 is 2.75 bits per heavy atom. The van der Waals surface area contributed by atoms with E-state index < -0.39 is 0 Å². The number of aryl methyl sites for hydroxylation is 2. The second-order valence-electron chi connectivity index (χ2n) is 5.35. The molecule has 0 saturated heterocycles. The molecule has 1 heterocycles. The van der Waals surface area contributed by atoms with E-state index in [9.17, 15) is 4.79 Å². The van der Waals surface area contributed by atoms with E-state index in [0.29, 0.717) is 28.7 Å². The molecule has 1 aromatic heterocycles. The molecular weight excluding hydrogens is 306 g/mol. The number of benzene rings is 2. The number of amides is 1. The third-order valence-corrected chi connectivity index (χ3v) is 3.32. The highest BCUT2D eigenvalue weighted by Crippen LogP contribution is 2.26. The fourth-order valence-corrected chi connectivity index (χ4v) is 2.23. The molecule has 0 atom stereocenters. The predicted molar refractivity (Wildman–Crippen MR) is 89.8 cm³/mol. The van der Waals surface area contributed by atoms with Gasteiger partial charge in [0.2, 0.25) is 0 Å². The van der Waals surface area contributed by atoms with E-state index >= 15 is 0 Å². The van der Waals surface area contributed by atoms with E-state index in [4.69, 9.17) is 9.26 Å². The maximum atomic E-state index is 12.2. The SMILES string of the molecule is Cc1cccc(OCC(=O)Nc2ccccc2-c2nc(C)no2)c1. The second-order valence-corrected chi connectivity index (χ2v) is 5.35. The maximum Gasteiger partial charge on any atom is 0.262 e. The number of rotatable bonds is 5. The highest BCUT2D eigenvalue weighted by Gasteiger charge is 2.13. The Kier molecular flexibility index (Phi) is 4.56. The number of aromatic nitrogens is 2. The van der Waals surface area contributed by atoms with Crippen LogP contribution in [-0.4, -0.2) is 22.7 Å². The normalized spacial score (nSPS) is 10.4. The minimum atomic E-state index is -0.264. The van der Waals surface area contributed by atoms with Gasteiger partial charge in [-0.05, 0) is 43.7 Å². The van der Waals surface area contributed by atoms with Gasteiger partial charge in [0.05, 0.1) is 11.3 Å². The fourth-order valence-electron chi connectivity index (χ4n) is 2.23. The molecule has 1 N–H and O–H groups in total. The zero-order valence-corrected chi connectivity index (χ0v) is 13.4. The maximum absolute atomic E-state index is 12.2. The first-order chi connectivity index (χ1) is 11.6. The Morgan fingerprint density at radius 2 is 2.00 bits per heavy atom. The molecule has 0 unspecified atom stereocenters. The third kappa shape index (κ3) is 3.78. The van der Waals surface area contributed by atoms with Crippen molar-refractivity contribution in [3.8, 4) is 17.2 Å². The summed E-state index contributed by atoms with van der Waals surface area (Å²) in [5.74, 6) is 1.29. The molecule has 0 aliphatic carbocycles. The van der Waals surface area contributed by atoms with E-state index in [-0.39, 0.29) is 12.5 Å². The van der Waals surface area contributed by atoms with E-state index in [1.165, 1.54) is 0 Å². The molecule has 0 bridgehead atoms. The number of nitrogens with zero attached hydrogens (tertiary/aromatic N) is 2. The van der Waals surface area contributed by atoms with Crippen molar-refractivity contribution in [1.29, 1.82) is 0 Å². The van der Waals surface area contributed by atoms with E-state index in [0.717, 1.165) is 5.56 Å². The molecule has 0 spiro atoms. The molecule has 2 aromatic carbocycles. The summed E-state index contributed by atoms with van der Waals surface area (Å²) in [6.07, 6.45) is 0. The summed E-state index contributed by atoms with van der Waals surface area (Å²) >= 11 is 0. The van der Waals surface area contributed by atoms with Crippen LogP contribution in [0.2, 0.25) is 0 Å². The summed E-state index contributed by atoms with van der Waals surface area (Å²) < 4.78 is 10.7. The molecule has 0 fully saturated rings. The molecule has 24 heavy (non-hydrogen) atoms. The van der Waals surface area contributed by atoms with Crippen LogP contribution >= 0.6 is 0 Å². The Hall–Kier alpha value is -3.15. The minimum absolute atomic E-state index is 0.0827. The van der Waals surface area contributed by atoms with Gasteiger partial charge in [-0.1, -0.05) is 29.4 Å². The number of hydrogen-bond acceptors (Lipinski definition) is 5. The summed E-state index contributed by atoms with van der Waals surface area (Å²) in [6.45, 7) is 3.63. The molecule has 0 radical (unpaired) electrons. The molecule has 3 rings (SSSR count). The monoisotopic (exact) mass is 323 g/mol. The first-order valence-corrected chi connectivity index (χ1v) is 7.51. The Labute approximate surface area is 139 Å². The zero-order chi connectivity index (χ0) is 16.9. The lowest BCUT2D eigenvalue weighted by Crippen LogP contribution is -2.20. The third-order valence-electron chi connectivity index (χ3n) is 3.32. The average molecular weight is 323 g/mol. The number of anilines is 1. The zero-order valence-electron chi connectivity index (χ0n) is 13.4. The smallest absolute Gasteiger partial charge is 0.262 e. The van der Waals surface area contributed by atoms with Crippen LogP contribution in [0, 0.1) is 13.8 Å². The van der Waals surface area contributed by atoms with Crippen LogP contribution in [0.5, 0.6) is 5.75 Å². The van der Waals surface area contributed by atoms with Gasteiger partial charge in [-0.2, -0.15) is 4.98 Å². The highest BCUT2D eigenvalue weighted by molar-refractivity contribution is 5.95. The van der Waals surface area contributed by atoms with Gasteiger partial charge in [0.25, 0.3) is 11.8 Å². The van der Waals surface area contributed by atoms with Crippen LogP contribution in [0.25, 0.3) is 11.5 Å². The fraction of sp³-hybridized carbons (Fsp3) is 0.167. The van der Waals surface area contributed by atoms with E-state index in [1.54, 1.807) is 13.0 Å². The van der Waals surface area contributed by atoms with Gasteiger partial charge >= 0.3 is 0 Å². The lowest BCUT2D eigenvalue weighted by molar-refractivity contribution is -0.118. The van der Waals surface area contributed by atoms with Gasteiger partial charge in [0, 0.05) is 0 Å². The molecule has 1 amide bonds. The van der Waals surface area contributed by atoms with Gasteiger partial charge in [-0.3, -0.25) is 4.79 Å². The number of para-hydroxylation sites is 1. The van der Waals surface area contributed by atoms with Crippen LogP contribution in [0.3, 0.4) is 0 Å². The number of nitrogens with one attached hydrogen (secondary N) is 1. The first kappa shape index (κ1) is 15.7. The number of hydrogen-bond donors (Lipinski definition) is 1. The summed E-state index contributed by atoms with van der Waals surface area (Å²) in [6, 6.07) is 14.8. The molecule has 3 aromatic rings. The van der Waals surface area contributed by atoms with Crippen molar-refractivity contribution in [1.82, 2.24) is 10.1 Å². The topological polar surface area (TPSA) is 77.2 Å². The van der Waals surface area contributed by atoms with Crippen LogP contribution in [0.15, 0.2) is 53.1 Å². The summed E-state index contributed by atoms with van der Waals surface area (Å²) in [5.41, 5.74) is 2.34. The molecule has 0 aliphatic heterocycles. The van der Waals surface area contributed by atoms with Gasteiger partial charge in [0.1, 0.15) is 5.75 Å². The lowest BCUT2D eigenvalue weighted by Gasteiger charge is -2.10. The van der Waals surface area contributed by atoms with Crippen molar-refractivity contribution in [2.24, 2.45) is 0 Å². The molecule has 6 nitrogen and oxygen atoms in total. The van der Waals surface area contributed by atoms with Crippen LogP contribution in [0.1, 0.15) is 11.4 Å². The van der Waals surface area contributed by atoms with Crippen molar-refractivity contribution in [3.63, 3.8) is 0 Å². The first-order valence-electron chi connectivity index (χ1n) is 7.51. The van der Waals surface area contributed by atoms with Crippen molar-refractivity contribution >= 4 is 11.6 Å². The minimum Gasteiger partial charge on any atom is -0.484 e. The number of carbonyl (C=O) groups excluding carboxylic acids is 1. The van der Waals surface area contributed by atoms with Crippen molar-refractivity contribution in [2.75, 3.05) is 11.9 Å². The van der Waals surface area contributed by atoms with Gasteiger partial charge in [-0.15, -0.1) is 0 Å². The quantitative estimate of drug-likeness (QED) is 0.779.